The Kier molecular flexibility index (Phi) is 12.8. The molecule has 3 aromatic rings. The maximum Gasteiger partial charge on any atom is 0.341 e. The Bertz CT molecular complexity index is 1790. The molecule has 14 nitrogen and oxygen atoms in total. The molecule has 0 saturated carbocycles. The molecule has 0 aromatic heterocycles. The number of aliphatic carboxylic acids is 1. The van der Waals surface area contributed by atoms with Crippen LogP contribution in [0.2, 0.25) is 0 Å². The van der Waals surface area contributed by atoms with Gasteiger partial charge in [-0.2, -0.15) is 4.31 Å². The van der Waals surface area contributed by atoms with Gasteiger partial charge in [-0.3, -0.25) is 4.79 Å². The van der Waals surface area contributed by atoms with E-state index in [1.807, 2.05) is 6.07 Å². The summed E-state index contributed by atoms with van der Waals surface area (Å²) >= 11 is 0. The monoisotopic (exact) mass is 713 g/mol. The lowest BCUT2D eigenvalue weighted by Crippen LogP contribution is -2.48. The standard InChI is InChI=1S/C35H39NO13S/c1-44-30-14-12-22(16-31(30)45-2)11-13-29(23-8-7-9-26(18-23)48-21-32(37)38)49-35(41)28-10-5-6-15-36(28)50(42,43)27-19-24(33(39)46-3)17-25(20-27)34(40)47-4/h7-9,12,14,16-20,28-29H,5-6,10-11,13,15,21H2,1-4H3,(H,37,38)/t28?,29-/m1/s1. The molecule has 2 atom stereocenters. The van der Waals surface area contributed by atoms with Crippen LogP contribution in [0.1, 0.15) is 63.6 Å². The van der Waals surface area contributed by atoms with Crippen molar-refractivity contribution in [2.24, 2.45) is 0 Å². The Morgan fingerprint density at radius 1 is 0.860 bits per heavy atom. The van der Waals surface area contributed by atoms with Crippen molar-refractivity contribution in [3.8, 4) is 17.2 Å². The Morgan fingerprint density at radius 2 is 1.54 bits per heavy atom. The topological polar surface area (TPSA) is 181 Å². The number of nitrogens with zero attached hydrogens (tertiary/aromatic N) is 1. The van der Waals surface area contributed by atoms with Gasteiger partial charge in [-0.15, -0.1) is 0 Å². The van der Waals surface area contributed by atoms with Crippen molar-refractivity contribution in [1.82, 2.24) is 4.31 Å². The van der Waals surface area contributed by atoms with Gasteiger partial charge in [0.25, 0.3) is 0 Å². The van der Waals surface area contributed by atoms with E-state index in [0.29, 0.717) is 36.3 Å². The zero-order chi connectivity index (χ0) is 36.4. The maximum atomic E-state index is 14.1. The van der Waals surface area contributed by atoms with Crippen molar-refractivity contribution >= 4 is 33.9 Å². The fraction of sp³-hybridized carbons (Fsp3) is 0.371. The van der Waals surface area contributed by atoms with E-state index in [2.05, 4.69) is 0 Å². The summed E-state index contributed by atoms with van der Waals surface area (Å²) in [6.45, 7) is -0.601. The molecule has 3 aromatic carbocycles. The van der Waals surface area contributed by atoms with Gasteiger partial charge < -0.3 is 33.5 Å². The van der Waals surface area contributed by atoms with Gasteiger partial charge in [-0.1, -0.05) is 18.2 Å². The van der Waals surface area contributed by atoms with Crippen LogP contribution in [0.3, 0.4) is 0 Å². The minimum atomic E-state index is -4.46. The lowest BCUT2D eigenvalue weighted by atomic mass is 10.00. The van der Waals surface area contributed by atoms with Crippen LogP contribution in [0.15, 0.2) is 65.6 Å². The third-order valence-electron chi connectivity index (χ3n) is 8.07. The molecule has 1 aliphatic heterocycles. The van der Waals surface area contributed by atoms with Crippen LogP contribution in [0.5, 0.6) is 17.2 Å². The zero-order valence-corrected chi connectivity index (χ0v) is 28.9. The maximum absolute atomic E-state index is 14.1. The lowest BCUT2D eigenvalue weighted by molar-refractivity contribution is -0.155. The molecule has 0 bridgehead atoms. The van der Waals surface area contributed by atoms with Gasteiger partial charge in [0.2, 0.25) is 10.0 Å². The first-order chi connectivity index (χ1) is 23.9. The summed E-state index contributed by atoms with van der Waals surface area (Å²) in [5.74, 6) is -2.41. The smallest absolute Gasteiger partial charge is 0.341 e. The molecule has 1 aliphatic rings. The Morgan fingerprint density at radius 3 is 2.16 bits per heavy atom. The number of hydrogen-bond donors (Lipinski definition) is 1. The third kappa shape index (κ3) is 9.09. The molecule has 0 aliphatic carbocycles. The molecule has 1 fully saturated rings. The van der Waals surface area contributed by atoms with Crippen LogP contribution in [0.4, 0.5) is 0 Å². The first-order valence-corrected chi connectivity index (χ1v) is 17.0. The quantitative estimate of drug-likeness (QED) is 0.175. The molecule has 15 heteroatoms. The zero-order valence-electron chi connectivity index (χ0n) is 28.1. The van der Waals surface area contributed by atoms with Crippen LogP contribution < -0.4 is 14.2 Å². The lowest BCUT2D eigenvalue weighted by Gasteiger charge is -2.34. The Balaban J connectivity index is 1.67. The summed E-state index contributed by atoms with van der Waals surface area (Å²) in [7, 11) is 0.813. The molecule has 1 unspecified atom stereocenters. The van der Waals surface area contributed by atoms with Gasteiger partial charge in [0.05, 0.1) is 44.5 Å². The van der Waals surface area contributed by atoms with E-state index in [0.717, 1.165) is 42.3 Å². The number of carbonyl (C=O) groups is 4. The summed E-state index contributed by atoms with van der Waals surface area (Å²) in [5, 5.41) is 9.08. The second-order valence-corrected chi connectivity index (χ2v) is 13.2. The van der Waals surface area contributed by atoms with Crippen molar-refractivity contribution in [3.63, 3.8) is 0 Å². The van der Waals surface area contributed by atoms with Gasteiger partial charge in [0.15, 0.2) is 18.1 Å². The second kappa shape index (κ2) is 17.0. The molecule has 0 radical (unpaired) electrons. The molecular weight excluding hydrogens is 674 g/mol. The fourth-order valence-corrected chi connectivity index (χ4v) is 7.30. The number of carboxylic acid groups (broad SMARTS) is 1. The number of aryl methyl sites for hydroxylation is 1. The van der Waals surface area contributed by atoms with Crippen LogP contribution in [0, 0.1) is 0 Å². The summed E-state index contributed by atoms with van der Waals surface area (Å²) in [6, 6.07) is 14.0. The molecule has 4 rings (SSSR count). The minimum Gasteiger partial charge on any atom is -0.493 e. The number of carbonyl (C=O) groups excluding carboxylic acids is 3. The summed E-state index contributed by atoms with van der Waals surface area (Å²) in [6.07, 6.45) is 0.909. The third-order valence-corrected chi connectivity index (χ3v) is 9.96. The van der Waals surface area contributed by atoms with E-state index in [-0.39, 0.29) is 36.3 Å². The second-order valence-electron chi connectivity index (χ2n) is 11.3. The van der Waals surface area contributed by atoms with E-state index in [1.54, 1.807) is 36.4 Å². The van der Waals surface area contributed by atoms with E-state index in [4.69, 9.17) is 33.5 Å². The fourth-order valence-electron chi connectivity index (χ4n) is 5.58. The first-order valence-electron chi connectivity index (χ1n) is 15.6. The van der Waals surface area contributed by atoms with E-state index < -0.39 is 57.5 Å². The van der Waals surface area contributed by atoms with Gasteiger partial charge in [0, 0.05) is 6.54 Å². The van der Waals surface area contributed by atoms with Crippen molar-refractivity contribution < 1.29 is 61.1 Å². The highest BCUT2D eigenvalue weighted by molar-refractivity contribution is 7.89. The first kappa shape index (κ1) is 37.7. The number of ether oxygens (including phenoxy) is 6. The Hall–Kier alpha value is -5.15. The number of hydrogen-bond acceptors (Lipinski definition) is 12. The average Bonchev–Trinajstić information content (AvgIpc) is 3.14. The van der Waals surface area contributed by atoms with Crippen LogP contribution in [-0.2, 0) is 40.2 Å². The van der Waals surface area contributed by atoms with Gasteiger partial charge >= 0.3 is 23.9 Å². The number of esters is 3. The van der Waals surface area contributed by atoms with Crippen LogP contribution in [0.25, 0.3) is 0 Å². The van der Waals surface area contributed by atoms with Crippen molar-refractivity contribution in [3.05, 3.63) is 82.9 Å². The molecular formula is C35H39NO13S. The van der Waals surface area contributed by atoms with E-state index in [1.165, 1.54) is 14.2 Å². The van der Waals surface area contributed by atoms with Gasteiger partial charge in [0.1, 0.15) is 17.9 Å². The highest BCUT2D eigenvalue weighted by Gasteiger charge is 2.40. The summed E-state index contributed by atoms with van der Waals surface area (Å²) in [5.41, 5.74) is 0.965. The molecule has 50 heavy (non-hydrogen) atoms. The van der Waals surface area contributed by atoms with Crippen molar-refractivity contribution in [2.45, 2.75) is 49.1 Å². The number of carboxylic acids is 1. The molecule has 0 amide bonds. The number of rotatable bonds is 15. The predicted molar refractivity (Wildman–Crippen MR) is 177 cm³/mol. The molecule has 0 spiro atoms. The molecule has 1 N–H and O–H groups in total. The summed E-state index contributed by atoms with van der Waals surface area (Å²) in [4.78, 5) is 49.5. The average molecular weight is 714 g/mol. The van der Waals surface area contributed by atoms with Crippen molar-refractivity contribution in [2.75, 3.05) is 41.6 Å². The normalized spacial score (nSPS) is 15.3. The highest BCUT2D eigenvalue weighted by Crippen LogP contribution is 2.33. The van der Waals surface area contributed by atoms with Crippen LogP contribution >= 0.6 is 0 Å². The van der Waals surface area contributed by atoms with E-state index in [9.17, 15) is 27.6 Å². The Labute approximate surface area is 289 Å². The molecule has 268 valence electrons. The number of benzene rings is 3. The number of piperidine rings is 1. The number of methoxy groups -OCH3 is 4. The van der Waals surface area contributed by atoms with Gasteiger partial charge in [-0.05, 0) is 85.7 Å². The minimum absolute atomic E-state index is 0.0209. The highest BCUT2D eigenvalue weighted by atomic mass is 32.2. The number of sulfonamides is 1. The molecule has 1 heterocycles. The largest absolute Gasteiger partial charge is 0.493 e. The molecule has 1 saturated heterocycles. The van der Waals surface area contributed by atoms with Gasteiger partial charge in [-0.25, -0.2) is 22.8 Å². The van der Waals surface area contributed by atoms with Crippen LogP contribution in [-0.4, -0.2) is 89.3 Å². The predicted octanol–water partition coefficient (Wildman–Crippen LogP) is 4.20. The van der Waals surface area contributed by atoms with E-state index >= 15 is 0 Å². The summed E-state index contributed by atoms with van der Waals surface area (Å²) < 4.78 is 60.9. The van der Waals surface area contributed by atoms with Crippen molar-refractivity contribution in [1.29, 1.82) is 0 Å². The SMILES string of the molecule is COC(=O)c1cc(C(=O)OC)cc(S(=O)(=O)N2CCCCC2C(=O)O[C@H](CCc2ccc(OC)c(OC)c2)c2cccc(OCC(=O)O)c2)c1.